The summed E-state index contributed by atoms with van der Waals surface area (Å²) >= 11 is 0. The third-order valence-electron chi connectivity index (χ3n) is 27.1. The molecule has 7 aliphatic rings. The zero-order valence-electron chi connectivity index (χ0n) is 76.3. The Balaban J connectivity index is 0.000000138. The molecule has 6 amide bonds. The lowest BCUT2D eigenvalue weighted by atomic mass is 9.89. The summed E-state index contributed by atoms with van der Waals surface area (Å²) in [6.45, 7) is 9.24. The van der Waals surface area contributed by atoms with Crippen LogP contribution in [-0.2, 0) is 49.2 Å². The number of H-pyrrole nitrogens is 3. The van der Waals surface area contributed by atoms with Crippen LogP contribution >= 0.6 is 0 Å². The SMILES string of the molecule is COC1(C(=O)Nc2ccc3[nH]nc(-c4ccnc(C)c4)c3c2)CCN(CC(=O)N2CCC(C3=CCC=N3)CC2)C1.CO[C@@]1(C(=O)Nc2ccc3[nH]nc(-c4ccc(F)cc4)c3c2)CCN(CC(=O)N2CCC(c3ccc(-c4ncccn4)cc3)CC2)C1.CO[C@@]1(C(=O)Nc2ccc3[nH]nc(-c4ccnc(C(F)(F)F)c4)c3c2)CCN(CC(=O)N2CC=C(c3ccc(-c4ncccn4)cc3)CC2)C1. The molecule has 5 fully saturated rings. The molecular weight excluding hydrogens is 1750 g/mol. The van der Waals surface area contributed by atoms with Crippen LogP contribution in [0.3, 0.4) is 0 Å². The van der Waals surface area contributed by atoms with Gasteiger partial charge in [-0.2, -0.15) is 28.5 Å². The average Bonchev–Trinajstić information content (AvgIpc) is 1.67. The first-order chi connectivity index (χ1) is 66.5. The summed E-state index contributed by atoms with van der Waals surface area (Å²) in [6, 6.07) is 48.8. The standard InChI is InChI=1S/C36H33F3N8O3.C36H36FN7O3.C30H35N7O3/c1-50-35(34(49)43-27-7-8-29-28(20-27)32(45-44-29)26-9-15-40-30(19-26)36(37,38)39)12-18-46(22-35)21-31(48)47-16-10-24(11-17-47)23-3-5-25(6-4-23)33-41-13-2-14-42-33;1-47-36(35(46)40-29-11-12-31-30(21-29)33(42-41-31)26-7-9-28(37)10-8-26)15-20-43(23-36)22-32(45)44-18-13-25(14-19-44)24-3-5-27(6-4-24)34-38-16-2-17-39-34;1-20-16-22(7-12-31-20)28-24-17-23(5-6-26(24)34-35-28)33-29(39)30(40-2)10-15-36(19-30)18-27(38)37-13-8-21(9-14-37)25-4-3-11-32-25/h2-10,13-15,19-20H,11-12,16-18,21-22H2,1H3,(H,43,49)(H,44,45);2-12,16-17,21,25H,13-15,18-20,22-23H2,1H3,(H,40,46)(H,41,42);4-7,11-12,16-17,21H,3,8-10,13-15,18-19H2,1-2H3,(H,33,39)(H,34,35)/t35-;36-;/m00./s1. The van der Waals surface area contributed by atoms with Crippen LogP contribution < -0.4 is 16.0 Å². The molecule has 6 N–H and O–H groups in total. The zero-order chi connectivity index (χ0) is 95.0. The van der Waals surface area contributed by atoms with Crippen molar-refractivity contribution < 1.29 is 60.5 Å². The molecule has 704 valence electrons. The molecule has 14 heterocycles. The van der Waals surface area contributed by atoms with E-state index in [0.717, 1.165) is 125 Å². The summed E-state index contributed by atoms with van der Waals surface area (Å²) in [4.78, 5) is 122. The Labute approximate surface area is 787 Å². The minimum atomic E-state index is -4.60. The Kier molecular flexibility index (Phi) is 27.6. The minimum absolute atomic E-state index is 0.0214. The Morgan fingerprint density at radius 1 is 0.438 bits per heavy atom. The van der Waals surface area contributed by atoms with Gasteiger partial charge < -0.3 is 44.9 Å². The number of nitrogens with zero attached hydrogens (tertiary/aromatic N) is 16. The van der Waals surface area contributed by atoms with Crippen molar-refractivity contribution in [3.05, 3.63) is 247 Å². The highest BCUT2D eigenvalue weighted by Gasteiger charge is 2.49. The number of rotatable bonds is 23. The molecule has 20 rings (SSSR count). The number of methoxy groups -OCH3 is 3. The first-order valence-corrected chi connectivity index (χ1v) is 45.9. The molecule has 137 heavy (non-hydrogen) atoms. The van der Waals surface area contributed by atoms with Crippen LogP contribution in [0, 0.1) is 18.7 Å². The van der Waals surface area contributed by atoms with Gasteiger partial charge in [0, 0.05) is 228 Å². The van der Waals surface area contributed by atoms with Crippen molar-refractivity contribution in [3.8, 4) is 56.5 Å². The van der Waals surface area contributed by atoms with Gasteiger partial charge >= 0.3 is 6.18 Å². The number of pyridine rings is 2. The number of alkyl halides is 3. The van der Waals surface area contributed by atoms with Crippen molar-refractivity contribution in [2.75, 3.05) is 135 Å². The molecule has 13 aromatic rings. The molecule has 6 aromatic carbocycles. The smallest absolute Gasteiger partial charge is 0.367 e. The number of ether oxygens (including phenoxy) is 3. The highest BCUT2D eigenvalue weighted by Crippen LogP contribution is 2.40. The van der Waals surface area contributed by atoms with E-state index in [1.807, 2.05) is 103 Å². The van der Waals surface area contributed by atoms with Crippen LogP contribution in [0.2, 0.25) is 0 Å². The van der Waals surface area contributed by atoms with Crippen LogP contribution in [0.1, 0.15) is 86.2 Å². The van der Waals surface area contributed by atoms with Gasteiger partial charge in [-0.15, -0.1) is 0 Å². The van der Waals surface area contributed by atoms with Crippen LogP contribution in [0.15, 0.2) is 224 Å². The lowest BCUT2D eigenvalue weighted by molar-refractivity contribution is -0.141. The second-order valence-corrected chi connectivity index (χ2v) is 35.6. The fraction of sp³-hybridized carbons (Fsp3) is 0.333. The molecule has 5 saturated heterocycles. The summed E-state index contributed by atoms with van der Waals surface area (Å²) in [5, 5.41) is 33.2. The van der Waals surface area contributed by atoms with E-state index in [-0.39, 0.29) is 66.5 Å². The van der Waals surface area contributed by atoms with Crippen molar-refractivity contribution in [2.45, 2.75) is 93.6 Å². The average molecular weight is 1860 g/mol. The van der Waals surface area contributed by atoms with Crippen LogP contribution in [0.5, 0.6) is 0 Å². The van der Waals surface area contributed by atoms with E-state index in [2.05, 4.69) is 130 Å². The van der Waals surface area contributed by atoms with E-state index in [0.29, 0.717) is 148 Å². The second-order valence-electron chi connectivity index (χ2n) is 35.6. The Bertz CT molecular complexity index is 6680. The lowest BCUT2D eigenvalue weighted by Crippen LogP contribution is -2.49. The summed E-state index contributed by atoms with van der Waals surface area (Å²) in [7, 11) is 4.58. The highest BCUT2D eigenvalue weighted by atomic mass is 19.4. The number of anilines is 3. The van der Waals surface area contributed by atoms with Crippen molar-refractivity contribution in [3.63, 3.8) is 0 Å². The molecule has 31 nitrogen and oxygen atoms in total. The van der Waals surface area contributed by atoms with Gasteiger partial charge in [-0.3, -0.25) is 73.7 Å². The molecule has 0 bridgehead atoms. The van der Waals surface area contributed by atoms with Gasteiger partial charge in [0.1, 0.15) is 22.9 Å². The monoisotopic (exact) mass is 1860 g/mol. The number of piperidine rings is 2. The van der Waals surface area contributed by atoms with Crippen LogP contribution in [-0.4, -0.2) is 268 Å². The molecule has 0 radical (unpaired) electrons. The molecule has 7 aromatic heterocycles. The number of benzene rings is 6. The van der Waals surface area contributed by atoms with Gasteiger partial charge in [0.25, 0.3) is 17.7 Å². The number of aromatic amines is 3. The van der Waals surface area contributed by atoms with Gasteiger partial charge in [-0.1, -0.05) is 60.7 Å². The third kappa shape index (κ3) is 20.9. The lowest BCUT2D eigenvalue weighted by Gasteiger charge is -2.33. The normalized spacial score (nSPS) is 19.5. The molecule has 0 saturated carbocycles. The Hall–Kier alpha value is -14.4. The Morgan fingerprint density at radius 2 is 0.854 bits per heavy atom. The van der Waals surface area contributed by atoms with Gasteiger partial charge in [0.15, 0.2) is 28.5 Å². The van der Waals surface area contributed by atoms with E-state index in [9.17, 15) is 46.3 Å². The van der Waals surface area contributed by atoms with E-state index in [1.165, 1.54) is 42.1 Å². The van der Waals surface area contributed by atoms with Gasteiger partial charge in [0.05, 0.1) is 41.9 Å². The number of likely N-dealkylation sites (tertiary alicyclic amines) is 5. The third-order valence-corrected chi connectivity index (χ3v) is 27.1. The van der Waals surface area contributed by atoms with Crippen molar-refractivity contribution in [2.24, 2.45) is 10.9 Å². The molecule has 1 unspecified atom stereocenters. The summed E-state index contributed by atoms with van der Waals surface area (Å²) in [5.41, 5.74) is 11.0. The fourth-order valence-electron chi connectivity index (χ4n) is 19.2. The number of amides is 6. The number of hydrogen-bond donors (Lipinski definition) is 6. The molecule has 7 aliphatic heterocycles. The Morgan fingerprint density at radius 3 is 1.28 bits per heavy atom. The number of aromatic nitrogens is 12. The number of aliphatic imine (C=N–C) groups is 1. The van der Waals surface area contributed by atoms with Gasteiger partial charge in [-0.05, 0) is 196 Å². The molecule has 0 aliphatic carbocycles. The number of allylic oxidation sites excluding steroid dienone is 2. The maximum Gasteiger partial charge on any atom is 0.433 e. The molecule has 35 heteroatoms. The predicted molar refractivity (Wildman–Crippen MR) is 511 cm³/mol. The van der Waals surface area contributed by atoms with Gasteiger partial charge in [-0.25, -0.2) is 24.3 Å². The maximum atomic E-state index is 13.6. The zero-order valence-corrected chi connectivity index (χ0v) is 76.3. The van der Waals surface area contributed by atoms with Gasteiger partial charge in [0.2, 0.25) is 17.7 Å². The van der Waals surface area contributed by atoms with E-state index in [1.54, 1.807) is 87.7 Å². The van der Waals surface area contributed by atoms with Crippen LogP contribution in [0.25, 0.3) is 94.8 Å². The molecule has 3 atom stereocenters. The molecule has 0 spiro atoms. The number of nitrogens with one attached hydrogen (secondary N) is 6. The van der Waals surface area contributed by atoms with Crippen LogP contribution in [0.4, 0.5) is 34.6 Å². The largest absolute Gasteiger partial charge is 0.433 e. The maximum absolute atomic E-state index is 13.6. The van der Waals surface area contributed by atoms with Crippen molar-refractivity contribution in [1.29, 1.82) is 0 Å². The summed E-state index contributed by atoms with van der Waals surface area (Å²) in [6.07, 6.45) is 18.1. The first kappa shape index (κ1) is 93.1. The number of fused-ring (bicyclic) bond motifs is 3. The number of carbonyl (C=O) groups excluding carboxylic acids is 6. The minimum Gasteiger partial charge on any atom is -0.367 e. The molecular formula is C102H104F4N22O9. The number of carbonyl (C=O) groups is 6. The highest BCUT2D eigenvalue weighted by molar-refractivity contribution is 6.05. The second kappa shape index (κ2) is 40.7. The van der Waals surface area contributed by atoms with E-state index in [4.69, 9.17) is 14.2 Å². The number of aryl methyl sites for hydroxylation is 1. The fourth-order valence-corrected chi connectivity index (χ4v) is 19.2. The topological polar surface area (TPSA) is 361 Å². The first-order valence-electron chi connectivity index (χ1n) is 45.9. The van der Waals surface area contributed by atoms with E-state index >= 15 is 0 Å². The summed E-state index contributed by atoms with van der Waals surface area (Å²) in [5.74, 6) is 1.23. The van der Waals surface area contributed by atoms with E-state index < -0.39 is 28.7 Å². The van der Waals surface area contributed by atoms with Crippen molar-refractivity contribution in [1.82, 2.24) is 89.9 Å². The number of halogens is 4. The quantitative estimate of drug-likeness (QED) is 0.0324. The number of hydrogen-bond acceptors (Lipinski definition) is 22. The summed E-state index contributed by atoms with van der Waals surface area (Å²) < 4.78 is 70.7. The predicted octanol–water partition coefficient (Wildman–Crippen LogP) is 14.3. The van der Waals surface area contributed by atoms with Crippen molar-refractivity contribution >= 4 is 97.0 Å².